The molecule has 0 aromatic carbocycles. The quantitative estimate of drug-likeness (QED) is 0.244. The first-order chi connectivity index (χ1) is 22.1. The lowest BCUT2D eigenvalue weighted by molar-refractivity contribution is -0.155. The van der Waals surface area contributed by atoms with Crippen LogP contribution in [0.4, 0.5) is 22.0 Å². The van der Waals surface area contributed by atoms with Gasteiger partial charge in [-0.1, -0.05) is 19.0 Å². The third-order valence-corrected chi connectivity index (χ3v) is 8.89. The van der Waals surface area contributed by atoms with Gasteiger partial charge in [-0.15, -0.1) is 10.2 Å². The third-order valence-electron chi connectivity index (χ3n) is 8.89. The molecule has 2 amide bonds. The Morgan fingerprint density at radius 2 is 1.91 bits per heavy atom. The van der Waals surface area contributed by atoms with Gasteiger partial charge in [-0.05, 0) is 55.3 Å². The highest BCUT2D eigenvalue weighted by molar-refractivity contribution is 5.93. The number of aromatic nitrogens is 7. The molecule has 4 aromatic heterocycles. The summed E-state index contributed by atoms with van der Waals surface area (Å²) in [5.74, 6) is -4.40. The van der Waals surface area contributed by atoms with E-state index in [0.717, 1.165) is 0 Å². The maximum Gasteiger partial charge on any atom is 0.408 e. The lowest BCUT2D eigenvalue weighted by Gasteiger charge is -2.33. The topological polar surface area (TPSA) is 166 Å². The van der Waals surface area contributed by atoms with E-state index in [-0.39, 0.29) is 67.4 Å². The number of halogens is 5. The molecule has 5 heterocycles. The number of aryl methyl sites for hydroxylation is 1. The number of imidazole rings is 1. The number of hydrogen-bond donors (Lipinski definition) is 2. The van der Waals surface area contributed by atoms with Crippen molar-refractivity contribution in [3.63, 3.8) is 0 Å². The summed E-state index contributed by atoms with van der Waals surface area (Å²) in [6.45, 7) is 5.18. The number of rotatable bonds is 9. The van der Waals surface area contributed by atoms with Crippen LogP contribution in [0.5, 0.6) is 0 Å². The van der Waals surface area contributed by atoms with Gasteiger partial charge in [0.2, 0.25) is 23.6 Å². The van der Waals surface area contributed by atoms with Crippen molar-refractivity contribution in [3.05, 3.63) is 52.9 Å². The Morgan fingerprint density at radius 1 is 1.17 bits per heavy atom. The molecule has 4 aromatic rings. The Kier molecular flexibility index (Phi) is 8.24. The van der Waals surface area contributed by atoms with Gasteiger partial charge in [-0.3, -0.25) is 9.59 Å². The molecule has 1 saturated heterocycles. The standard InChI is InChI=1S/C29H32F5N9O4/c1-14(2)25-40-39-21(46-25)11-27(10-19(29(32,33)34)37-26(27)45)9-16-8-20-36-18(13-43(20)35-12-16)23(17-4-6-28(30,31)7-5-17)38-24(44)22-15(3)41-47-42-22/h8,12-14,17,19,23H,4-7,9-11H2,1-3H3,(H,37,45)(H,38,44)/t19-,23-,27-/m0/s1. The van der Waals surface area contributed by atoms with Crippen molar-refractivity contribution in [2.75, 3.05) is 0 Å². The smallest absolute Gasteiger partial charge is 0.408 e. The summed E-state index contributed by atoms with van der Waals surface area (Å²) in [5.41, 5.74) is -0.360. The molecular formula is C29H32F5N9O4. The number of amides is 2. The molecule has 47 heavy (non-hydrogen) atoms. The lowest BCUT2D eigenvalue weighted by Crippen LogP contribution is -2.39. The summed E-state index contributed by atoms with van der Waals surface area (Å²) in [6, 6.07) is -1.28. The molecule has 1 aliphatic heterocycles. The lowest BCUT2D eigenvalue weighted by atomic mass is 9.76. The fourth-order valence-corrected chi connectivity index (χ4v) is 6.32. The van der Waals surface area contributed by atoms with Gasteiger partial charge in [0.15, 0.2) is 11.3 Å². The third kappa shape index (κ3) is 6.67. The largest absolute Gasteiger partial charge is 0.425 e. The maximum atomic E-state index is 14.0. The average Bonchev–Trinajstić information content (AvgIpc) is 3.79. The van der Waals surface area contributed by atoms with E-state index in [2.05, 4.69) is 45.9 Å². The summed E-state index contributed by atoms with van der Waals surface area (Å²) in [5, 5.41) is 24.5. The van der Waals surface area contributed by atoms with Crippen molar-refractivity contribution in [2.24, 2.45) is 11.3 Å². The molecule has 0 radical (unpaired) electrons. The summed E-state index contributed by atoms with van der Waals surface area (Å²) in [7, 11) is 0. The van der Waals surface area contributed by atoms with Gasteiger partial charge in [-0.25, -0.2) is 22.9 Å². The summed E-state index contributed by atoms with van der Waals surface area (Å²) < 4.78 is 81.1. The van der Waals surface area contributed by atoms with Gasteiger partial charge in [0.25, 0.3) is 5.91 Å². The minimum Gasteiger partial charge on any atom is -0.425 e. The second kappa shape index (κ2) is 11.9. The van der Waals surface area contributed by atoms with Crippen molar-refractivity contribution in [1.29, 1.82) is 0 Å². The number of hydrogen-bond acceptors (Lipinski definition) is 10. The van der Waals surface area contributed by atoms with Gasteiger partial charge in [0.1, 0.15) is 11.7 Å². The molecule has 3 atom stereocenters. The van der Waals surface area contributed by atoms with E-state index in [4.69, 9.17) is 4.42 Å². The van der Waals surface area contributed by atoms with Crippen molar-refractivity contribution >= 4 is 17.5 Å². The van der Waals surface area contributed by atoms with Gasteiger partial charge in [-0.2, -0.15) is 18.3 Å². The molecule has 1 saturated carbocycles. The predicted molar refractivity (Wildman–Crippen MR) is 150 cm³/mol. The van der Waals surface area contributed by atoms with Crippen molar-refractivity contribution in [1.82, 2.24) is 45.7 Å². The highest BCUT2D eigenvalue weighted by atomic mass is 19.4. The molecule has 18 heteroatoms. The first kappa shape index (κ1) is 32.4. The van der Waals surface area contributed by atoms with Crippen LogP contribution < -0.4 is 10.6 Å². The normalized spacial score (nSPS) is 22.6. The summed E-state index contributed by atoms with van der Waals surface area (Å²) in [6.07, 6.45) is -3.11. The molecule has 2 N–H and O–H groups in total. The SMILES string of the molecule is Cc1nonc1C(=O)N[C@H](c1cn2ncc(C[C@@]3(Cc4nnc(C(C)C)o4)C[C@@H](C(F)(F)F)NC3=O)cc2n1)C1CCC(F)(F)CC1. The van der Waals surface area contributed by atoms with Gasteiger partial charge in [0.05, 0.1) is 29.5 Å². The predicted octanol–water partition coefficient (Wildman–Crippen LogP) is 4.45. The highest BCUT2D eigenvalue weighted by Gasteiger charge is 2.56. The van der Waals surface area contributed by atoms with E-state index in [0.29, 0.717) is 17.1 Å². The molecule has 1 aliphatic carbocycles. The first-order valence-corrected chi connectivity index (χ1v) is 15.1. The molecule has 0 unspecified atom stereocenters. The van der Waals surface area contributed by atoms with Gasteiger partial charge < -0.3 is 15.1 Å². The first-order valence-electron chi connectivity index (χ1n) is 15.1. The summed E-state index contributed by atoms with van der Waals surface area (Å²) in [4.78, 5) is 31.0. The maximum absolute atomic E-state index is 14.0. The van der Waals surface area contributed by atoms with E-state index >= 15 is 0 Å². The highest BCUT2D eigenvalue weighted by Crippen LogP contribution is 2.43. The van der Waals surface area contributed by atoms with E-state index < -0.39 is 53.8 Å². The van der Waals surface area contributed by atoms with Crippen LogP contribution in [0, 0.1) is 18.3 Å². The molecule has 6 rings (SSSR count). The zero-order valence-corrected chi connectivity index (χ0v) is 25.6. The van der Waals surface area contributed by atoms with E-state index in [1.165, 1.54) is 17.6 Å². The molecule has 2 fully saturated rings. The average molecular weight is 666 g/mol. The second-order valence-electron chi connectivity index (χ2n) is 12.8. The van der Waals surface area contributed by atoms with Crippen molar-refractivity contribution in [3.8, 4) is 0 Å². The fraction of sp³-hybridized carbons (Fsp3) is 0.586. The Bertz CT molecular complexity index is 1770. The Balaban J connectivity index is 1.31. The van der Waals surface area contributed by atoms with E-state index in [1.54, 1.807) is 12.3 Å². The van der Waals surface area contributed by atoms with Crippen LogP contribution in [-0.4, -0.2) is 65.1 Å². The number of carbonyl (C=O) groups excluding carboxylic acids is 2. The van der Waals surface area contributed by atoms with E-state index in [9.17, 15) is 31.5 Å². The van der Waals surface area contributed by atoms with Crippen LogP contribution in [0.15, 0.2) is 27.5 Å². The molecule has 0 spiro atoms. The Hall–Kier alpha value is -4.51. The molecule has 2 aliphatic rings. The Morgan fingerprint density at radius 3 is 2.53 bits per heavy atom. The van der Waals surface area contributed by atoms with E-state index in [1.807, 2.05) is 13.8 Å². The minimum atomic E-state index is -4.67. The van der Waals surface area contributed by atoms with Crippen molar-refractivity contribution < 1.29 is 40.6 Å². The summed E-state index contributed by atoms with van der Waals surface area (Å²) >= 11 is 0. The van der Waals surface area contributed by atoms with Crippen LogP contribution >= 0.6 is 0 Å². The Labute approximate surface area is 264 Å². The number of carbonyl (C=O) groups is 2. The fourth-order valence-electron chi connectivity index (χ4n) is 6.32. The number of nitrogens with zero attached hydrogens (tertiary/aromatic N) is 7. The zero-order chi connectivity index (χ0) is 33.7. The zero-order valence-electron chi connectivity index (χ0n) is 25.6. The second-order valence-corrected chi connectivity index (χ2v) is 12.8. The van der Waals surface area contributed by atoms with Gasteiger partial charge >= 0.3 is 6.18 Å². The van der Waals surface area contributed by atoms with Crippen LogP contribution in [0.1, 0.15) is 97.1 Å². The minimum absolute atomic E-state index is 0.0398. The molecule has 252 valence electrons. The molecular weight excluding hydrogens is 633 g/mol. The molecule has 0 bridgehead atoms. The monoisotopic (exact) mass is 665 g/mol. The van der Waals surface area contributed by atoms with Crippen LogP contribution in [0.25, 0.3) is 5.65 Å². The van der Waals surface area contributed by atoms with Crippen LogP contribution in [0.2, 0.25) is 0 Å². The van der Waals surface area contributed by atoms with Crippen molar-refractivity contribution in [2.45, 2.75) is 95.8 Å². The van der Waals surface area contributed by atoms with Gasteiger partial charge in [0, 0.05) is 25.2 Å². The number of nitrogens with one attached hydrogen (secondary N) is 2. The number of fused-ring (bicyclic) bond motifs is 1. The van der Waals surface area contributed by atoms with Crippen LogP contribution in [0.3, 0.4) is 0 Å². The van der Waals surface area contributed by atoms with Crippen LogP contribution in [-0.2, 0) is 17.6 Å². The molecule has 13 nitrogen and oxygen atoms in total. The number of alkyl halides is 5.